The number of hydrogen-bond donors (Lipinski definition) is 1. The van der Waals surface area contributed by atoms with E-state index < -0.39 is 11.0 Å². The first-order valence-electron chi connectivity index (χ1n) is 6.10. The molecule has 1 aliphatic rings. The first-order valence-corrected chi connectivity index (χ1v) is 6.10. The largest absolute Gasteiger partial charge is 0.386 e. The molecule has 0 aromatic heterocycles. The van der Waals surface area contributed by atoms with Gasteiger partial charge < -0.3 is 9.84 Å². The Kier molecular flexibility index (Phi) is 3.98. The predicted molar refractivity (Wildman–Crippen MR) is 62.8 cm³/mol. The Hall–Kier alpha value is -0.590. The van der Waals surface area contributed by atoms with E-state index in [9.17, 15) is 10.4 Å². The molecule has 1 fully saturated rings. The Morgan fingerprint density at radius 1 is 1.69 bits per heavy atom. The van der Waals surface area contributed by atoms with Gasteiger partial charge in [-0.15, -0.1) is 0 Å². The first kappa shape index (κ1) is 13.5. The molecule has 0 radical (unpaired) electrons. The van der Waals surface area contributed by atoms with Crippen molar-refractivity contribution in [2.24, 2.45) is 11.3 Å². The molecule has 0 saturated heterocycles. The number of rotatable bonds is 4. The number of nitriles is 1. The lowest BCUT2D eigenvalue weighted by Crippen LogP contribution is -2.52. The normalized spacial score (nSPS) is 35.4. The molecule has 0 bridgehead atoms. The Bertz CT molecular complexity index is 282. The highest BCUT2D eigenvalue weighted by atomic mass is 16.5. The monoisotopic (exact) mass is 225 g/mol. The van der Waals surface area contributed by atoms with Gasteiger partial charge in [0.2, 0.25) is 0 Å². The van der Waals surface area contributed by atoms with Crippen LogP contribution < -0.4 is 0 Å². The molecule has 0 heterocycles. The highest BCUT2D eigenvalue weighted by Gasteiger charge is 2.54. The second-order valence-electron chi connectivity index (χ2n) is 5.24. The molecule has 3 nitrogen and oxygen atoms in total. The van der Waals surface area contributed by atoms with Crippen LogP contribution in [0.3, 0.4) is 0 Å². The lowest BCUT2D eigenvalue weighted by molar-refractivity contribution is -0.132. The van der Waals surface area contributed by atoms with Gasteiger partial charge in [0.25, 0.3) is 0 Å². The van der Waals surface area contributed by atoms with E-state index in [0.717, 1.165) is 25.7 Å². The van der Waals surface area contributed by atoms with E-state index in [1.807, 2.05) is 6.92 Å². The van der Waals surface area contributed by atoms with Crippen molar-refractivity contribution in [3.63, 3.8) is 0 Å². The molecule has 4 unspecified atom stereocenters. The fourth-order valence-corrected chi connectivity index (χ4v) is 2.79. The number of hydrogen-bond acceptors (Lipinski definition) is 3. The fraction of sp³-hybridized carbons (Fsp3) is 0.923. The minimum Gasteiger partial charge on any atom is -0.386 e. The third-order valence-electron chi connectivity index (χ3n) is 4.52. The molecule has 0 aromatic carbocycles. The summed E-state index contributed by atoms with van der Waals surface area (Å²) in [7, 11) is 1.58. The fourth-order valence-electron chi connectivity index (χ4n) is 2.79. The van der Waals surface area contributed by atoms with Crippen molar-refractivity contribution in [3.8, 4) is 6.07 Å². The van der Waals surface area contributed by atoms with Gasteiger partial charge in [-0.1, -0.05) is 13.3 Å². The van der Waals surface area contributed by atoms with Crippen LogP contribution in [0, 0.1) is 22.7 Å². The summed E-state index contributed by atoms with van der Waals surface area (Å²) in [6, 6.07) is 2.37. The second kappa shape index (κ2) is 4.73. The van der Waals surface area contributed by atoms with E-state index in [2.05, 4.69) is 13.0 Å². The number of nitrogens with zero attached hydrogens (tertiary/aromatic N) is 1. The molecule has 4 atom stereocenters. The van der Waals surface area contributed by atoms with Crippen molar-refractivity contribution in [3.05, 3.63) is 0 Å². The maximum absolute atomic E-state index is 10.6. The van der Waals surface area contributed by atoms with Crippen LogP contribution in [-0.4, -0.2) is 23.9 Å². The molecule has 0 amide bonds. The molecule has 1 N–H and O–H groups in total. The average molecular weight is 225 g/mol. The number of ether oxygens (including phenoxy) is 1. The smallest absolute Gasteiger partial charge is 0.106 e. The Labute approximate surface area is 98.4 Å². The average Bonchev–Trinajstić information content (AvgIpc) is 2.73. The molecule has 1 rings (SSSR count). The first-order chi connectivity index (χ1) is 7.43. The van der Waals surface area contributed by atoms with Crippen LogP contribution in [0.2, 0.25) is 0 Å². The molecular formula is C13H23NO2. The topological polar surface area (TPSA) is 53.2 Å². The van der Waals surface area contributed by atoms with E-state index in [1.54, 1.807) is 14.0 Å². The van der Waals surface area contributed by atoms with Gasteiger partial charge in [0.05, 0.1) is 17.6 Å². The zero-order valence-corrected chi connectivity index (χ0v) is 10.8. The van der Waals surface area contributed by atoms with Gasteiger partial charge in [-0.2, -0.15) is 5.26 Å². The van der Waals surface area contributed by atoms with E-state index in [0.29, 0.717) is 5.92 Å². The summed E-state index contributed by atoms with van der Waals surface area (Å²) in [6.45, 7) is 5.72. The molecule has 0 aliphatic heterocycles. The van der Waals surface area contributed by atoms with Gasteiger partial charge in [-0.05, 0) is 39.0 Å². The molecule has 1 saturated carbocycles. The summed E-state index contributed by atoms with van der Waals surface area (Å²) < 4.78 is 5.22. The molecule has 0 spiro atoms. The lowest BCUT2D eigenvalue weighted by Gasteiger charge is -2.41. The summed E-state index contributed by atoms with van der Waals surface area (Å²) in [5.74, 6) is 0.565. The molecule has 1 aliphatic carbocycles. The van der Waals surface area contributed by atoms with Crippen LogP contribution in [0.1, 0.15) is 46.5 Å². The molecule has 0 aromatic rings. The van der Waals surface area contributed by atoms with Gasteiger partial charge in [0, 0.05) is 7.11 Å². The standard InChI is InChI=1S/C13H23NO2/c1-5-11-6-7-13(8-11,9-14)12(3,15)10(2)16-4/h10-11,15H,5-8H2,1-4H3. The van der Waals surface area contributed by atoms with Crippen LogP contribution in [0.5, 0.6) is 0 Å². The second-order valence-corrected chi connectivity index (χ2v) is 5.24. The van der Waals surface area contributed by atoms with Crippen molar-refractivity contribution in [2.75, 3.05) is 7.11 Å². The van der Waals surface area contributed by atoms with Crippen molar-refractivity contribution in [1.29, 1.82) is 5.26 Å². The minimum absolute atomic E-state index is 0.317. The van der Waals surface area contributed by atoms with Crippen LogP contribution in [0.15, 0.2) is 0 Å². The van der Waals surface area contributed by atoms with Gasteiger partial charge in [0.1, 0.15) is 5.60 Å². The Balaban J connectivity index is 2.94. The van der Waals surface area contributed by atoms with E-state index in [-0.39, 0.29) is 6.10 Å². The third kappa shape index (κ3) is 1.97. The van der Waals surface area contributed by atoms with Gasteiger partial charge >= 0.3 is 0 Å². The summed E-state index contributed by atoms with van der Waals surface area (Å²) >= 11 is 0. The van der Waals surface area contributed by atoms with Gasteiger partial charge in [-0.3, -0.25) is 0 Å². The lowest BCUT2D eigenvalue weighted by atomic mass is 9.69. The molecular weight excluding hydrogens is 202 g/mol. The quantitative estimate of drug-likeness (QED) is 0.799. The summed E-state index contributed by atoms with van der Waals surface area (Å²) in [5, 5.41) is 20.0. The summed E-state index contributed by atoms with van der Waals surface area (Å²) in [4.78, 5) is 0. The molecule has 92 valence electrons. The summed E-state index contributed by atoms with van der Waals surface area (Å²) in [5.41, 5.74) is -1.70. The van der Waals surface area contributed by atoms with E-state index >= 15 is 0 Å². The Morgan fingerprint density at radius 2 is 2.31 bits per heavy atom. The zero-order chi connectivity index (χ0) is 12.4. The molecule has 16 heavy (non-hydrogen) atoms. The maximum Gasteiger partial charge on any atom is 0.106 e. The number of methoxy groups -OCH3 is 1. The van der Waals surface area contributed by atoms with Crippen molar-refractivity contribution >= 4 is 0 Å². The van der Waals surface area contributed by atoms with Crippen LogP contribution in [-0.2, 0) is 4.74 Å². The summed E-state index contributed by atoms with van der Waals surface area (Å²) in [6.07, 6.45) is 3.38. The Morgan fingerprint density at radius 3 is 2.69 bits per heavy atom. The predicted octanol–water partition coefficient (Wildman–Crippen LogP) is 2.49. The van der Waals surface area contributed by atoms with Crippen molar-refractivity contribution in [1.82, 2.24) is 0 Å². The molecule has 3 heteroatoms. The van der Waals surface area contributed by atoms with E-state index in [1.165, 1.54) is 0 Å². The SMILES string of the molecule is CCC1CCC(C#N)(C(C)(O)C(C)OC)C1. The van der Waals surface area contributed by atoms with Crippen LogP contribution in [0.25, 0.3) is 0 Å². The van der Waals surface area contributed by atoms with Gasteiger partial charge in [0.15, 0.2) is 0 Å². The van der Waals surface area contributed by atoms with Crippen molar-refractivity contribution in [2.45, 2.75) is 58.2 Å². The van der Waals surface area contributed by atoms with Crippen molar-refractivity contribution < 1.29 is 9.84 Å². The minimum atomic E-state index is -1.07. The highest BCUT2D eigenvalue weighted by molar-refractivity contribution is 5.15. The number of aliphatic hydroxyl groups is 1. The van der Waals surface area contributed by atoms with Crippen LogP contribution >= 0.6 is 0 Å². The van der Waals surface area contributed by atoms with E-state index in [4.69, 9.17) is 4.74 Å². The zero-order valence-electron chi connectivity index (χ0n) is 10.8. The third-order valence-corrected chi connectivity index (χ3v) is 4.52. The van der Waals surface area contributed by atoms with Gasteiger partial charge in [-0.25, -0.2) is 0 Å². The van der Waals surface area contributed by atoms with Crippen LogP contribution in [0.4, 0.5) is 0 Å². The maximum atomic E-state index is 10.6. The highest BCUT2D eigenvalue weighted by Crippen LogP contribution is 2.51.